The molecule has 2 aromatic carbocycles. The Hall–Kier alpha value is -2.94. The lowest BCUT2D eigenvalue weighted by Gasteiger charge is -2.22. The number of aliphatic imine (C=N–C) groups is 1. The van der Waals surface area contributed by atoms with Crippen LogP contribution in [0.15, 0.2) is 47.5 Å². The van der Waals surface area contributed by atoms with E-state index in [4.69, 9.17) is 4.74 Å². The molecule has 2 aromatic rings. The van der Waals surface area contributed by atoms with Crippen LogP contribution in [0.25, 0.3) is 0 Å². The molecule has 0 aromatic heterocycles. The van der Waals surface area contributed by atoms with Crippen LogP contribution in [0.4, 0.5) is 18.9 Å². The van der Waals surface area contributed by atoms with Crippen molar-refractivity contribution in [2.24, 2.45) is 4.99 Å². The number of methoxy groups -OCH3 is 1. The van der Waals surface area contributed by atoms with Gasteiger partial charge in [-0.3, -0.25) is 4.99 Å². The van der Waals surface area contributed by atoms with Crippen molar-refractivity contribution in [3.8, 4) is 5.75 Å². The molecule has 1 saturated heterocycles. The molecule has 0 bridgehead atoms. The van der Waals surface area contributed by atoms with Crippen molar-refractivity contribution in [2.45, 2.75) is 32.2 Å². The second kappa shape index (κ2) is 10.9. The molecule has 0 amide bonds. The summed E-state index contributed by atoms with van der Waals surface area (Å²) in [5.41, 5.74) is 2.05. The van der Waals surface area contributed by atoms with Gasteiger partial charge >= 0.3 is 6.61 Å². The summed E-state index contributed by atoms with van der Waals surface area (Å²) in [6.45, 7) is -0.855. The zero-order valence-corrected chi connectivity index (χ0v) is 17.6. The van der Waals surface area contributed by atoms with Crippen LogP contribution >= 0.6 is 0 Å². The predicted octanol–water partition coefficient (Wildman–Crippen LogP) is 3.52. The molecule has 1 aliphatic heterocycles. The number of para-hydroxylation sites is 2. The average molecular weight is 436 g/mol. The molecule has 0 radical (unpaired) electrons. The molecule has 31 heavy (non-hydrogen) atoms. The molecular formula is C22H27F3N4O2. The Kier molecular flexibility index (Phi) is 8.00. The van der Waals surface area contributed by atoms with Gasteiger partial charge in [-0.15, -0.1) is 0 Å². The van der Waals surface area contributed by atoms with Crippen molar-refractivity contribution in [3.05, 3.63) is 59.4 Å². The first kappa shape index (κ1) is 22.7. The van der Waals surface area contributed by atoms with E-state index in [0.29, 0.717) is 36.8 Å². The van der Waals surface area contributed by atoms with Crippen LogP contribution in [-0.4, -0.2) is 45.9 Å². The molecule has 0 aliphatic carbocycles. The van der Waals surface area contributed by atoms with Gasteiger partial charge in [0.15, 0.2) is 5.96 Å². The van der Waals surface area contributed by atoms with Gasteiger partial charge < -0.3 is 25.0 Å². The number of halogens is 3. The molecular weight excluding hydrogens is 409 g/mol. The Morgan fingerprint density at radius 2 is 2.06 bits per heavy atom. The third kappa shape index (κ3) is 6.27. The normalized spacial score (nSPS) is 16.6. The number of guanidine groups is 1. The van der Waals surface area contributed by atoms with Crippen LogP contribution in [0.3, 0.4) is 0 Å². The average Bonchev–Trinajstić information content (AvgIpc) is 3.21. The zero-order valence-electron chi connectivity index (χ0n) is 17.6. The maximum atomic E-state index is 13.8. The highest BCUT2D eigenvalue weighted by Crippen LogP contribution is 2.31. The summed E-state index contributed by atoms with van der Waals surface area (Å²) in [6.07, 6.45) is 0.818. The lowest BCUT2D eigenvalue weighted by atomic mass is 10.1. The minimum Gasteiger partial charge on any atom is -0.433 e. The number of alkyl halides is 2. The number of benzene rings is 2. The predicted molar refractivity (Wildman–Crippen MR) is 114 cm³/mol. The number of anilines is 1. The number of nitrogens with zero attached hydrogens (tertiary/aromatic N) is 2. The van der Waals surface area contributed by atoms with E-state index < -0.39 is 6.61 Å². The number of hydrogen-bond acceptors (Lipinski definition) is 4. The van der Waals surface area contributed by atoms with E-state index in [2.05, 4.69) is 20.4 Å². The summed E-state index contributed by atoms with van der Waals surface area (Å²) in [5.74, 6) is 0.487. The van der Waals surface area contributed by atoms with Crippen molar-refractivity contribution >= 4 is 11.6 Å². The summed E-state index contributed by atoms with van der Waals surface area (Å²) < 4.78 is 48.8. The topological polar surface area (TPSA) is 58.1 Å². The molecule has 1 atom stereocenters. The lowest BCUT2D eigenvalue weighted by Crippen LogP contribution is -2.44. The second-order valence-corrected chi connectivity index (χ2v) is 7.21. The Labute approximate surface area is 180 Å². The van der Waals surface area contributed by atoms with Crippen molar-refractivity contribution in [2.75, 3.05) is 32.1 Å². The highest BCUT2D eigenvalue weighted by atomic mass is 19.3. The molecule has 1 unspecified atom stereocenters. The van der Waals surface area contributed by atoms with Gasteiger partial charge in [0, 0.05) is 45.4 Å². The Morgan fingerprint density at radius 1 is 1.26 bits per heavy atom. The third-order valence-corrected chi connectivity index (χ3v) is 5.04. The van der Waals surface area contributed by atoms with E-state index in [1.54, 1.807) is 43.4 Å². The number of ether oxygens (including phenoxy) is 2. The number of rotatable bonds is 8. The van der Waals surface area contributed by atoms with Crippen LogP contribution < -0.4 is 20.3 Å². The fraction of sp³-hybridized carbons (Fsp3) is 0.409. The molecule has 2 N–H and O–H groups in total. The molecule has 3 rings (SSSR count). The van der Waals surface area contributed by atoms with Crippen molar-refractivity contribution in [3.63, 3.8) is 0 Å². The van der Waals surface area contributed by atoms with E-state index in [1.807, 2.05) is 4.90 Å². The van der Waals surface area contributed by atoms with Gasteiger partial charge in [0.1, 0.15) is 11.6 Å². The van der Waals surface area contributed by atoms with Gasteiger partial charge in [0.2, 0.25) is 0 Å². The Bertz CT molecular complexity index is 895. The number of nitrogens with one attached hydrogen (secondary N) is 2. The van der Waals surface area contributed by atoms with E-state index in [0.717, 1.165) is 12.0 Å². The smallest absolute Gasteiger partial charge is 0.387 e. The third-order valence-electron chi connectivity index (χ3n) is 5.04. The second-order valence-electron chi connectivity index (χ2n) is 7.21. The van der Waals surface area contributed by atoms with E-state index in [-0.39, 0.29) is 24.2 Å². The first-order valence-corrected chi connectivity index (χ1v) is 10.0. The van der Waals surface area contributed by atoms with Crippen molar-refractivity contribution in [1.82, 2.24) is 10.6 Å². The van der Waals surface area contributed by atoms with Gasteiger partial charge in [-0.2, -0.15) is 8.78 Å². The standard InChI is InChI=1S/C22H27F3N4O2/c1-26-22(27-12-15-7-8-18(23)16(11-15)14-30-2)28-17-9-10-29(13-17)19-5-3-4-6-20(19)31-21(24)25/h3-8,11,17,21H,9-10,12-14H2,1-2H3,(H2,26,27,28). The van der Waals surface area contributed by atoms with Gasteiger partial charge in [-0.05, 0) is 36.2 Å². The van der Waals surface area contributed by atoms with Gasteiger partial charge in [0.25, 0.3) is 0 Å². The molecule has 9 heteroatoms. The largest absolute Gasteiger partial charge is 0.433 e. The molecule has 1 aliphatic rings. The summed E-state index contributed by atoms with van der Waals surface area (Å²) in [7, 11) is 3.20. The highest BCUT2D eigenvalue weighted by molar-refractivity contribution is 5.80. The summed E-state index contributed by atoms with van der Waals surface area (Å²) in [6, 6.07) is 11.8. The number of hydrogen-bond donors (Lipinski definition) is 2. The first-order chi connectivity index (χ1) is 15.0. The first-order valence-electron chi connectivity index (χ1n) is 10.0. The fourth-order valence-electron chi connectivity index (χ4n) is 3.59. The van der Waals surface area contributed by atoms with Crippen LogP contribution in [0.1, 0.15) is 17.5 Å². The monoisotopic (exact) mass is 436 g/mol. The van der Waals surface area contributed by atoms with Crippen LogP contribution in [0, 0.1) is 5.82 Å². The van der Waals surface area contributed by atoms with Crippen LogP contribution in [0.2, 0.25) is 0 Å². The minimum absolute atomic E-state index is 0.0862. The van der Waals surface area contributed by atoms with Crippen LogP contribution in [-0.2, 0) is 17.9 Å². The van der Waals surface area contributed by atoms with E-state index >= 15 is 0 Å². The molecule has 1 fully saturated rings. The van der Waals surface area contributed by atoms with E-state index in [9.17, 15) is 13.2 Å². The minimum atomic E-state index is -2.86. The van der Waals surface area contributed by atoms with Gasteiger partial charge in [-0.1, -0.05) is 18.2 Å². The molecule has 168 valence electrons. The fourth-order valence-corrected chi connectivity index (χ4v) is 3.59. The summed E-state index contributed by atoms with van der Waals surface area (Å²) >= 11 is 0. The summed E-state index contributed by atoms with van der Waals surface area (Å²) in [4.78, 5) is 6.26. The van der Waals surface area contributed by atoms with Gasteiger partial charge in [0.05, 0.1) is 12.3 Å². The summed E-state index contributed by atoms with van der Waals surface area (Å²) in [5, 5.41) is 6.58. The Balaban J connectivity index is 1.56. The molecule has 6 nitrogen and oxygen atoms in total. The lowest BCUT2D eigenvalue weighted by molar-refractivity contribution is -0.0495. The van der Waals surface area contributed by atoms with E-state index in [1.165, 1.54) is 13.2 Å². The van der Waals surface area contributed by atoms with Crippen molar-refractivity contribution in [1.29, 1.82) is 0 Å². The Morgan fingerprint density at radius 3 is 2.81 bits per heavy atom. The SMILES string of the molecule is CN=C(NCc1ccc(F)c(COC)c1)NC1CCN(c2ccccc2OC(F)F)C1. The molecule has 0 saturated carbocycles. The highest BCUT2D eigenvalue weighted by Gasteiger charge is 2.26. The van der Waals surface area contributed by atoms with Crippen molar-refractivity contribution < 1.29 is 22.6 Å². The molecule has 0 spiro atoms. The quantitative estimate of drug-likeness (QED) is 0.490. The van der Waals surface area contributed by atoms with Gasteiger partial charge in [-0.25, -0.2) is 4.39 Å². The molecule has 1 heterocycles. The van der Waals surface area contributed by atoms with Crippen LogP contribution in [0.5, 0.6) is 5.75 Å². The maximum absolute atomic E-state index is 13.8. The maximum Gasteiger partial charge on any atom is 0.387 e. The zero-order chi connectivity index (χ0) is 22.2.